The molecule has 1 aromatic heterocycles. The van der Waals surface area contributed by atoms with E-state index in [9.17, 15) is 0 Å². The van der Waals surface area contributed by atoms with E-state index in [1.165, 1.54) is 110 Å². The third-order valence-corrected chi connectivity index (χ3v) is 17.6. The summed E-state index contributed by atoms with van der Waals surface area (Å²) < 4.78 is 2.43. The number of hydrogen-bond acceptors (Lipinski definition) is 1. The Morgan fingerprint density at radius 3 is 1.14 bits per heavy atom. The Labute approximate surface area is 466 Å². The van der Waals surface area contributed by atoms with E-state index in [2.05, 4.69) is 325 Å². The van der Waals surface area contributed by atoms with Gasteiger partial charge in [0.25, 0.3) is 0 Å². The van der Waals surface area contributed by atoms with Crippen LogP contribution in [0.3, 0.4) is 0 Å². The number of aromatic nitrogens is 1. The monoisotopic (exact) mass is 1020 g/mol. The molecule has 0 bridgehead atoms. The summed E-state index contributed by atoms with van der Waals surface area (Å²) in [6.45, 7) is 0. The topological polar surface area (TPSA) is 8.17 Å². The molecule has 2 aliphatic carbocycles. The molecular weight excluding hydrogens is 965 g/mol. The Morgan fingerprint density at radius 2 is 0.613 bits per heavy atom. The zero-order valence-corrected chi connectivity index (χ0v) is 43.9. The average Bonchev–Trinajstić information content (AvgIpc) is 4.41. The lowest BCUT2D eigenvalue weighted by Crippen LogP contribution is -2.29. The van der Waals surface area contributed by atoms with Crippen molar-refractivity contribution in [2.75, 3.05) is 4.90 Å². The largest absolute Gasteiger partial charge is 0.316 e. The lowest BCUT2D eigenvalue weighted by molar-refractivity contribution is 0.766. The second-order valence-corrected chi connectivity index (χ2v) is 21.5. The smallest absolute Gasteiger partial charge is 0.0715 e. The number of fused-ring (bicyclic) bond motifs is 12. The normalized spacial score (nSPS) is 13.4. The Bertz CT molecular complexity index is 4600. The van der Waals surface area contributed by atoms with Crippen LogP contribution in [0, 0.1) is 0 Å². The fraction of sp³-hybridized carbons (Fsp3) is 0.0256. The van der Waals surface area contributed by atoms with Crippen LogP contribution >= 0.6 is 0 Å². The third-order valence-electron chi connectivity index (χ3n) is 17.6. The summed E-state index contributed by atoms with van der Waals surface area (Å²) in [5.41, 5.74) is 21.7. The minimum absolute atomic E-state index is 0.565. The van der Waals surface area contributed by atoms with Gasteiger partial charge in [0.2, 0.25) is 0 Å². The van der Waals surface area contributed by atoms with E-state index in [0.717, 1.165) is 22.7 Å². The van der Waals surface area contributed by atoms with Gasteiger partial charge in [-0.2, -0.15) is 0 Å². The van der Waals surface area contributed by atoms with Crippen molar-refractivity contribution in [2.45, 2.75) is 10.8 Å². The summed E-state index contributed by atoms with van der Waals surface area (Å²) in [7, 11) is 0. The van der Waals surface area contributed by atoms with Crippen LogP contribution < -0.4 is 4.90 Å². The summed E-state index contributed by atoms with van der Waals surface area (Å²) in [5, 5.41) is 6.30. The van der Waals surface area contributed by atoms with Gasteiger partial charge < -0.3 is 9.47 Å². The van der Waals surface area contributed by atoms with Crippen LogP contribution in [-0.2, 0) is 10.8 Å². The van der Waals surface area contributed by atoms with Gasteiger partial charge in [-0.25, -0.2) is 0 Å². The number of rotatable bonds is 9. The highest BCUT2D eigenvalue weighted by molar-refractivity contribution is 6.25. The van der Waals surface area contributed by atoms with Gasteiger partial charge in [-0.05, 0) is 149 Å². The van der Waals surface area contributed by atoms with E-state index >= 15 is 0 Å². The fourth-order valence-electron chi connectivity index (χ4n) is 14.2. The quantitative estimate of drug-likeness (QED) is 0.131. The van der Waals surface area contributed by atoms with Gasteiger partial charge in [-0.15, -0.1) is 0 Å². The van der Waals surface area contributed by atoms with Gasteiger partial charge in [-0.3, -0.25) is 0 Å². The first-order valence-electron chi connectivity index (χ1n) is 27.8. The minimum atomic E-state index is -0.685. The summed E-state index contributed by atoms with van der Waals surface area (Å²) >= 11 is 0. The van der Waals surface area contributed by atoms with Crippen LogP contribution in [0.25, 0.3) is 71.5 Å². The van der Waals surface area contributed by atoms with Crippen molar-refractivity contribution in [1.82, 2.24) is 4.57 Å². The van der Waals surface area contributed by atoms with Gasteiger partial charge >= 0.3 is 0 Å². The first kappa shape index (κ1) is 45.9. The lowest BCUT2D eigenvalue weighted by atomic mass is 9.67. The summed E-state index contributed by atoms with van der Waals surface area (Å²) in [5.74, 6) is 0. The predicted molar refractivity (Wildman–Crippen MR) is 333 cm³/mol. The van der Waals surface area contributed by atoms with Crippen LogP contribution in [0.2, 0.25) is 0 Å². The fourth-order valence-corrected chi connectivity index (χ4v) is 14.2. The zero-order chi connectivity index (χ0) is 52.8. The van der Waals surface area contributed by atoms with E-state index in [4.69, 9.17) is 0 Å². The van der Waals surface area contributed by atoms with E-state index in [1.807, 2.05) is 0 Å². The molecule has 0 aliphatic heterocycles. The molecule has 0 saturated heterocycles. The standard InChI is InChI=1S/C78H52N2/c1-6-22-53(23-7-1)54-38-40-59(41-39-54)80(61-43-46-67-66-35-20-21-37-72(66)77(74(67)51-61,55-24-8-2-9-25-55)56-26-10-3-11-27-56)62-44-47-69-68-45-42-60(79-49-48-71-65-34-17-16-32-63(65)64-33-18-19-36-70(64)76(71)79)50-73(68)78(75(69)52-62,57-28-12-4-13-29-57)58-30-14-5-15-31-58/h1-52H. The molecule has 14 aromatic rings. The van der Waals surface area contributed by atoms with Crippen LogP contribution in [0.1, 0.15) is 44.5 Å². The van der Waals surface area contributed by atoms with Crippen LogP contribution in [0.15, 0.2) is 316 Å². The average molecular weight is 1020 g/mol. The van der Waals surface area contributed by atoms with Gasteiger partial charge in [0, 0.05) is 39.7 Å². The number of nitrogens with zero attached hydrogens (tertiary/aromatic N) is 2. The maximum absolute atomic E-state index is 2.51. The van der Waals surface area contributed by atoms with Crippen molar-refractivity contribution in [3.63, 3.8) is 0 Å². The van der Waals surface area contributed by atoms with E-state index in [-0.39, 0.29) is 0 Å². The molecule has 0 saturated carbocycles. The molecule has 0 N–H and O–H groups in total. The molecule has 2 nitrogen and oxygen atoms in total. The Kier molecular flexibility index (Phi) is 10.4. The predicted octanol–water partition coefficient (Wildman–Crippen LogP) is 19.8. The van der Waals surface area contributed by atoms with Crippen molar-refractivity contribution in [3.8, 4) is 39.1 Å². The molecule has 0 fully saturated rings. The van der Waals surface area contributed by atoms with Gasteiger partial charge in [0.15, 0.2) is 0 Å². The number of anilines is 3. The van der Waals surface area contributed by atoms with Crippen molar-refractivity contribution in [3.05, 3.63) is 360 Å². The maximum Gasteiger partial charge on any atom is 0.0715 e. The minimum Gasteiger partial charge on any atom is -0.316 e. The Hall–Kier alpha value is -10.3. The summed E-state index contributed by atoms with van der Waals surface area (Å²) in [4.78, 5) is 2.50. The molecule has 16 rings (SSSR count). The lowest BCUT2D eigenvalue weighted by Gasteiger charge is -2.36. The van der Waals surface area contributed by atoms with Gasteiger partial charge in [0.1, 0.15) is 0 Å². The highest BCUT2D eigenvalue weighted by Gasteiger charge is 2.48. The second kappa shape index (κ2) is 18.2. The van der Waals surface area contributed by atoms with Gasteiger partial charge in [0.05, 0.1) is 16.3 Å². The molecule has 13 aromatic carbocycles. The van der Waals surface area contributed by atoms with Crippen LogP contribution in [-0.4, -0.2) is 4.57 Å². The molecule has 2 aliphatic rings. The molecule has 1 heterocycles. The van der Waals surface area contributed by atoms with Crippen molar-refractivity contribution < 1.29 is 0 Å². The Balaban J connectivity index is 0.945. The van der Waals surface area contributed by atoms with E-state index < -0.39 is 10.8 Å². The molecule has 0 unspecified atom stereocenters. The van der Waals surface area contributed by atoms with E-state index in [1.54, 1.807) is 0 Å². The molecular formula is C78H52N2. The van der Waals surface area contributed by atoms with Crippen LogP contribution in [0.5, 0.6) is 0 Å². The van der Waals surface area contributed by atoms with Gasteiger partial charge in [-0.1, -0.05) is 255 Å². The highest BCUT2D eigenvalue weighted by atomic mass is 15.1. The Morgan fingerprint density at radius 1 is 0.250 bits per heavy atom. The van der Waals surface area contributed by atoms with Crippen molar-refractivity contribution >= 4 is 49.5 Å². The molecule has 374 valence electrons. The van der Waals surface area contributed by atoms with Crippen molar-refractivity contribution in [2.24, 2.45) is 0 Å². The number of hydrogen-bond donors (Lipinski definition) is 0. The molecule has 0 radical (unpaired) electrons. The molecule has 0 amide bonds. The molecule has 0 atom stereocenters. The molecule has 2 heteroatoms. The summed E-state index contributed by atoms with van der Waals surface area (Å²) in [6, 6.07) is 115. The summed E-state index contributed by atoms with van der Waals surface area (Å²) in [6.07, 6.45) is 2.28. The SMILES string of the molecule is c1ccc(-c2ccc(N(c3ccc4c(c3)C(c3ccccc3)(c3ccccc3)c3ccccc3-4)c3ccc4c(c3)C(c3ccccc3)(c3ccccc3)c3cc(-n5ccc6c7ccccc7c7ccccc7c65)ccc3-4)cc2)cc1. The highest BCUT2D eigenvalue weighted by Crippen LogP contribution is 2.60. The second-order valence-electron chi connectivity index (χ2n) is 21.5. The molecule has 0 spiro atoms. The zero-order valence-electron chi connectivity index (χ0n) is 43.9. The van der Waals surface area contributed by atoms with E-state index in [0.29, 0.717) is 0 Å². The molecule has 80 heavy (non-hydrogen) atoms. The first-order chi connectivity index (χ1) is 39.7. The maximum atomic E-state index is 2.51. The number of benzene rings is 13. The third kappa shape index (κ3) is 6.66. The van der Waals surface area contributed by atoms with Crippen LogP contribution in [0.4, 0.5) is 17.1 Å². The first-order valence-corrected chi connectivity index (χ1v) is 27.8. The van der Waals surface area contributed by atoms with Crippen molar-refractivity contribution in [1.29, 1.82) is 0 Å².